The SMILES string of the molecule is COc1cc2c(cc1OC)C(=O)C(O)(CC1CCN(Cc3c(O)c(O)c(O)c(O)c3O)CC1)C2. The molecule has 0 bridgehead atoms. The molecule has 4 rings (SSSR count). The van der Waals surface area contributed by atoms with Crippen LogP contribution in [0.4, 0.5) is 0 Å². The number of fused-ring (bicyclic) bond motifs is 1. The normalized spacial score (nSPS) is 21.0. The third-order valence-corrected chi connectivity index (χ3v) is 6.94. The van der Waals surface area contributed by atoms with Gasteiger partial charge in [-0.3, -0.25) is 9.69 Å². The molecule has 1 aliphatic carbocycles. The average Bonchev–Trinajstić information content (AvgIpc) is 3.08. The topological polar surface area (TPSA) is 160 Å². The van der Waals surface area contributed by atoms with E-state index in [0.717, 1.165) is 5.56 Å². The van der Waals surface area contributed by atoms with Crippen LogP contribution in [0.25, 0.3) is 0 Å². The maximum absolute atomic E-state index is 13.1. The molecular formula is C24H29NO9. The Bertz CT molecular complexity index is 1100. The van der Waals surface area contributed by atoms with E-state index in [4.69, 9.17) is 9.47 Å². The van der Waals surface area contributed by atoms with Crippen LogP contribution in [0.3, 0.4) is 0 Å². The molecule has 0 aromatic heterocycles. The van der Waals surface area contributed by atoms with Crippen molar-refractivity contribution < 1.29 is 44.9 Å². The van der Waals surface area contributed by atoms with E-state index in [1.807, 2.05) is 4.90 Å². The first-order valence-corrected chi connectivity index (χ1v) is 11.0. The van der Waals surface area contributed by atoms with Crippen molar-refractivity contribution >= 4 is 5.78 Å². The third-order valence-electron chi connectivity index (χ3n) is 6.94. The van der Waals surface area contributed by atoms with Gasteiger partial charge >= 0.3 is 0 Å². The van der Waals surface area contributed by atoms with Crippen molar-refractivity contribution in [2.75, 3.05) is 27.3 Å². The van der Waals surface area contributed by atoms with Gasteiger partial charge in [-0.1, -0.05) is 0 Å². The number of aliphatic hydroxyl groups is 1. The van der Waals surface area contributed by atoms with Gasteiger partial charge in [-0.15, -0.1) is 0 Å². The highest BCUT2D eigenvalue weighted by Crippen LogP contribution is 2.51. The molecule has 34 heavy (non-hydrogen) atoms. The maximum atomic E-state index is 13.1. The van der Waals surface area contributed by atoms with E-state index in [1.54, 1.807) is 12.1 Å². The van der Waals surface area contributed by atoms with Crippen LogP contribution in [0, 0.1) is 5.92 Å². The standard InChI is InChI=1S/C24H29NO9/c1-33-16-7-13-10-24(32,23(31)14(13)8-17(16)34-2)9-12-3-5-25(6-4-12)11-15-18(26)20(28)22(30)21(29)19(15)27/h7-8,12,26-30,32H,3-6,9-11H2,1-2H3. The number of phenolic OH excluding ortho intramolecular Hbond substituents is 5. The maximum Gasteiger partial charge on any atom is 0.208 e. The molecule has 1 unspecified atom stereocenters. The fourth-order valence-corrected chi connectivity index (χ4v) is 5.02. The lowest BCUT2D eigenvalue weighted by molar-refractivity contribution is 0.0164. The molecule has 0 radical (unpaired) electrons. The minimum atomic E-state index is -1.50. The van der Waals surface area contributed by atoms with E-state index < -0.39 is 34.3 Å². The number of hydrogen-bond acceptors (Lipinski definition) is 10. The Morgan fingerprint density at radius 2 is 1.44 bits per heavy atom. The molecule has 10 heteroatoms. The molecule has 1 atom stereocenters. The third kappa shape index (κ3) is 3.92. The highest BCUT2D eigenvalue weighted by Gasteiger charge is 2.46. The van der Waals surface area contributed by atoms with Gasteiger partial charge in [0.1, 0.15) is 5.60 Å². The Balaban J connectivity index is 1.42. The Hall–Kier alpha value is -3.37. The van der Waals surface area contributed by atoms with E-state index in [9.17, 15) is 35.4 Å². The molecule has 0 amide bonds. The summed E-state index contributed by atoms with van der Waals surface area (Å²) < 4.78 is 10.6. The molecule has 1 fully saturated rings. The van der Waals surface area contributed by atoms with E-state index in [-0.39, 0.29) is 30.2 Å². The summed E-state index contributed by atoms with van der Waals surface area (Å²) in [6.45, 7) is 1.13. The van der Waals surface area contributed by atoms with Crippen molar-refractivity contribution in [3.63, 3.8) is 0 Å². The monoisotopic (exact) mass is 475 g/mol. The van der Waals surface area contributed by atoms with Crippen LogP contribution in [-0.2, 0) is 13.0 Å². The van der Waals surface area contributed by atoms with Crippen molar-refractivity contribution in [2.24, 2.45) is 5.92 Å². The van der Waals surface area contributed by atoms with Crippen molar-refractivity contribution in [3.8, 4) is 40.2 Å². The lowest BCUT2D eigenvalue weighted by Crippen LogP contribution is -2.41. The van der Waals surface area contributed by atoms with Gasteiger partial charge in [0, 0.05) is 18.5 Å². The zero-order valence-electron chi connectivity index (χ0n) is 19.0. The lowest BCUT2D eigenvalue weighted by atomic mass is 9.82. The van der Waals surface area contributed by atoms with Crippen molar-refractivity contribution in [1.82, 2.24) is 4.90 Å². The Morgan fingerprint density at radius 1 is 0.912 bits per heavy atom. The highest BCUT2D eigenvalue weighted by atomic mass is 16.5. The van der Waals surface area contributed by atoms with Gasteiger partial charge < -0.3 is 40.1 Å². The molecule has 2 aromatic rings. The summed E-state index contributed by atoms with van der Waals surface area (Å²) in [6, 6.07) is 3.34. The largest absolute Gasteiger partial charge is 0.504 e. The predicted molar refractivity (Wildman–Crippen MR) is 120 cm³/mol. The molecule has 1 heterocycles. The smallest absolute Gasteiger partial charge is 0.208 e. The van der Waals surface area contributed by atoms with Gasteiger partial charge in [0.25, 0.3) is 0 Å². The summed E-state index contributed by atoms with van der Waals surface area (Å²) in [6.07, 6.45) is 1.83. The van der Waals surface area contributed by atoms with Crippen molar-refractivity contribution in [2.45, 2.75) is 37.8 Å². The van der Waals surface area contributed by atoms with Gasteiger partial charge in [-0.25, -0.2) is 0 Å². The molecule has 1 aliphatic heterocycles. The van der Waals surface area contributed by atoms with Crippen LogP contribution < -0.4 is 9.47 Å². The van der Waals surface area contributed by atoms with Crippen LogP contribution in [0.2, 0.25) is 0 Å². The van der Waals surface area contributed by atoms with E-state index in [1.165, 1.54) is 14.2 Å². The van der Waals surface area contributed by atoms with Crippen LogP contribution in [0.5, 0.6) is 40.2 Å². The number of ether oxygens (including phenoxy) is 2. The van der Waals surface area contributed by atoms with Gasteiger partial charge in [0.15, 0.2) is 28.8 Å². The second-order valence-electron chi connectivity index (χ2n) is 9.05. The van der Waals surface area contributed by atoms with Crippen molar-refractivity contribution in [1.29, 1.82) is 0 Å². The van der Waals surface area contributed by atoms with Crippen LogP contribution in [0.1, 0.15) is 40.7 Å². The van der Waals surface area contributed by atoms with E-state index in [2.05, 4.69) is 0 Å². The summed E-state index contributed by atoms with van der Waals surface area (Å²) in [5, 5.41) is 60.4. The molecular weight excluding hydrogens is 446 g/mol. The molecule has 10 nitrogen and oxygen atoms in total. The second kappa shape index (κ2) is 8.77. The molecule has 2 aromatic carbocycles. The molecule has 0 spiro atoms. The summed E-state index contributed by atoms with van der Waals surface area (Å²) in [5.74, 6) is -3.46. The summed E-state index contributed by atoms with van der Waals surface area (Å²) in [7, 11) is 3.01. The van der Waals surface area contributed by atoms with Gasteiger partial charge in [0.05, 0.1) is 19.8 Å². The number of methoxy groups -OCH3 is 2. The van der Waals surface area contributed by atoms with E-state index >= 15 is 0 Å². The minimum absolute atomic E-state index is 0.0417. The second-order valence-corrected chi connectivity index (χ2v) is 9.05. The zero-order valence-corrected chi connectivity index (χ0v) is 19.0. The number of rotatable bonds is 6. The van der Waals surface area contributed by atoms with Gasteiger partial charge in [-0.2, -0.15) is 0 Å². The number of benzene rings is 2. The zero-order chi connectivity index (χ0) is 24.8. The summed E-state index contributed by atoms with van der Waals surface area (Å²) >= 11 is 0. The number of aromatic hydroxyl groups is 5. The van der Waals surface area contributed by atoms with Crippen molar-refractivity contribution in [3.05, 3.63) is 28.8 Å². The highest BCUT2D eigenvalue weighted by molar-refractivity contribution is 6.07. The quantitative estimate of drug-likeness (QED) is 0.269. The number of ketones is 1. The number of nitrogens with zero attached hydrogens (tertiary/aromatic N) is 1. The first-order chi connectivity index (χ1) is 16.1. The number of Topliss-reactive ketones (excluding diaryl/α,β-unsaturated/α-hetero) is 1. The predicted octanol–water partition coefficient (Wildman–Crippen LogP) is 2.00. The first-order valence-electron chi connectivity index (χ1n) is 11.0. The molecule has 2 aliphatic rings. The molecule has 0 saturated carbocycles. The number of carbonyl (C=O) groups is 1. The average molecular weight is 475 g/mol. The molecule has 6 N–H and O–H groups in total. The number of carbonyl (C=O) groups excluding carboxylic acids is 1. The Morgan fingerprint density at radius 3 is 2.00 bits per heavy atom. The number of piperidine rings is 1. The van der Waals surface area contributed by atoms with Gasteiger partial charge in [-0.05, 0) is 56.0 Å². The number of phenols is 5. The Labute approximate surface area is 196 Å². The van der Waals surface area contributed by atoms with E-state index in [0.29, 0.717) is 49.4 Å². The van der Waals surface area contributed by atoms with Gasteiger partial charge in [0.2, 0.25) is 17.2 Å². The van der Waals surface area contributed by atoms with Crippen LogP contribution in [-0.4, -0.2) is 74.2 Å². The summed E-state index contributed by atoms with van der Waals surface area (Å²) in [5.41, 5.74) is -0.428. The molecule has 184 valence electrons. The summed E-state index contributed by atoms with van der Waals surface area (Å²) in [4.78, 5) is 15.0. The number of likely N-dealkylation sites (tertiary alicyclic amines) is 1. The lowest BCUT2D eigenvalue weighted by Gasteiger charge is -2.35. The fourth-order valence-electron chi connectivity index (χ4n) is 5.02. The number of hydrogen-bond donors (Lipinski definition) is 6. The van der Waals surface area contributed by atoms with Crippen LogP contribution in [0.15, 0.2) is 12.1 Å². The Kier molecular flexibility index (Phi) is 6.13. The fraction of sp³-hybridized carbons (Fsp3) is 0.458. The minimum Gasteiger partial charge on any atom is -0.504 e. The van der Waals surface area contributed by atoms with Crippen LogP contribution >= 0.6 is 0 Å². The first kappa shape index (κ1) is 23.8. The molecule has 1 saturated heterocycles.